The molecule has 0 N–H and O–H groups in total. The summed E-state index contributed by atoms with van der Waals surface area (Å²) in [7, 11) is 1.56. The molecule has 5 rings (SSSR count). The van der Waals surface area contributed by atoms with Crippen molar-refractivity contribution in [3.63, 3.8) is 0 Å². The summed E-state index contributed by atoms with van der Waals surface area (Å²) in [5, 5.41) is 0. The van der Waals surface area contributed by atoms with E-state index in [-0.39, 0.29) is 24.0 Å². The predicted octanol–water partition coefficient (Wildman–Crippen LogP) is 5.85. The zero-order valence-corrected chi connectivity index (χ0v) is 20.2. The molecular weight excluding hydrogens is 445 g/mol. The van der Waals surface area contributed by atoms with Crippen molar-refractivity contribution in [1.82, 2.24) is 4.90 Å². The summed E-state index contributed by atoms with van der Waals surface area (Å²) < 4.78 is 25.6. The first-order valence-electron chi connectivity index (χ1n) is 12.4. The summed E-state index contributed by atoms with van der Waals surface area (Å²) in [4.78, 5) is 28.7. The average molecular weight is 476 g/mol. The van der Waals surface area contributed by atoms with Crippen LogP contribution in [0, 0.1) is 5.82 Å². The zero-order chi connectivity index (χ0) is 24.5. The quantitative estimate of drug-likeness (QED) is 0.525. The molecule has 35 heavy (non-hydrogen) atoms. The van der Waals surface area contributed by atoms with Gasteiger partial charge in [0.1, 0.15) is 12.4 Å². The predicted molar refractivity (Wildman–Crippen MR) is 131 cm³/mol. The Balaban J connectivity index is 1.56. The van der Waals surface area contributed by atoms with Gasteiger partial charge in [0, 0.05) is 53.4 Å². The molecule has 1 heterocycles. The summed E-state index contributed by atoms with van der Waals surface area (Å²) in [6.07, 6.45) is 4.37. The standard InChI is InChI=1S/C29H30FNO4/c1-3-31-21-10-6-12-23(32)28(21)27(29-22(31)11-7-13-24(29)33)18-14-15-25(26(16-18)34-2)35-17-19-8-4-5-9-20(19)30/h4-5,8-9,14-16,27H,3,6-7,10-13,17H2,1-2H3. The third kappa shape index (κ3) is 4.15. The van der Waals surface area contributed by atoms with E-state index in [4.69, 9.17) is 9.47 Å². The van der Waals surface area contributed by atoms with Crippen LogP contribution in [-0.4, -0.2) is 30.1 Å². The lowest BCUT2D eigenvalue weighted by Gasteiger charge is -2.43. The maximum atomic E-state index is 14.0. The van der Waals surface area contributed by atoms with Gasteiger partial charge in [-0.05, 0) is 56.4 Å². The van der Waals surface area contributed by atoms with E-state index < -0.39 is 5.92 Å². The molecule has 2 aromatic carbocycles. The molecule has 182 valence electrons. The summed E-state index contributed by atoms with van der Waals surface area (Å²) in [5.74, 6) is 0.512. The highest BCUT2D eigenvalue weighted by molar-refractivity contribution is 6.06. The third-order valence-corrected chi connectivity index (χ3v) is 7.26. The second-order valence-corrected chi connectivity index (χ2v) is 9.24. The van der Waals surface area contributed by atoms with Gasteiger partial charge in [-0.25, -0.2) is 4.39 Å². The van der Waals surface area contributed by atoms with Crippen molar-refractivity contribution in [2.45, 2.75) is 58.0 Å². The molecule has 6 heteroatoms. The molecule has 0 unspecified atom stereocenters. The van der Waals surface area contributed by atoms with Crippen molar-refractivity contribution in [1.29, 1.82) is 0 Å². The molecule has 1 aliphatic heterocycles. The topological polar surface area (TPSA) is 55.8 Å². The molecule has 3 aliphatic rings. The number of Topliss-reactive ketones (excluding diaryl/α,β-unsaturated/α-hetero) is 2. The van der Waals surface area contributed by atoms with Gasteiger partial charge in [0.15, 0.2) is 23.1 Å². The fourth-order valence-electron chi connectivity index (χ4n) is 5.69. The number of benzene rings is 2. The number of hydrogen-bond acceptors (Lipinski definition) is 5. The number of halogens is 1. The van der Waals surface area contributed by atoms with Gasteiger partial charge in [-0.2, -0.15) is 0 Å². The highest BCUT2D eigenvalue weighted by Crippen LogP contribution is 2.49. The lowest BCUT2D eigenvalue weighted by atomic mass is 9.71. The van der Waals surface area contributed by atoms with Gasteiger partial charge in [0.25, 0.3) is 0 Å². The highest BCUT2D eigenvalue weighted by atomic mass is 19.1. The van der Waals surface area contributed by atoms with Gasteiger partial charge >= 0.3 is 0 Å². The van der Waals surface area contributed by atoms with Gasteiger partial charge in [-0.3, -0.25) is 9.59 Å². The Hall–Kier alpha value is -3.41. The number of carbonyl (C=O) groups excluding carboxylic acids is 2. The monoisotopic (exact) mass is 475 g/mol. The SMILES string of the molecule is CCN1C2=C(C(=O)CCC2)C(c2ccc(OCc3ccccc3F)c(OC)c2)C2=C1CCCC2=O. The van der Waals surface area contributed by atoms with Crippen molar-refractivity contribution in [3.05, 3.63) is 81.9 Å². The molecule has 0 radical (unpaired) electrons. The van der Waals surface area contributed by atoms with Crippen LogP contribution in [0.25, 0.3) is 0 Å². The largest absolute Gasteiger partial charge is 0.493 e. The van der Waals surface area contributed by atoms with E-state index in [0.29, 0.717) is 29.9 Å². The maximum Gasteiger partial charge on any atom is 0.161 e. The number of carbonyl (C=O) groups is 2. The second-order valence-electron chi connectivity index (χ2n) is 9.24. The van der Waals surface area contributed by atoms with Crippen molar-refractivity contribution in [2.75, 3.05) is 13.7 Å². The maximum absolute atomic E-state index is 14.0. The van der Waals surface area contributed by atoms with E-state index in [1.165, 1.54) is 6.07 Å². The zero-order valence-electron chi connectivity index (χ0n) is 20.2. The Kier molecular flexibility index (Phi) is 6.46. The van der Waals surface area contributed by atoms with E-state index in [1.54, 1.807) is 31.4 Å². The lowest BCUT2D eigenvalue weighted by molar-refractivity contribution is -0.117. The van der Waals surface area contributed by atoms with Crippen LogP contribution in [0.4, 0.5) is 4.39 Å². The molecule has 0 spiro atoms. The first-order chi connectivity index (χ1) is 17.0. The Labute approximate surface area is 205 Å². The molecule has 0 aromatic heterocycles. The molecule has 5 nitrogen and oxygen atoms in total. The molecule has 0 saturated carbocycles. The van der Waals surface area contributed by atoms with Gasteiger partial charge in [0.05, 0.1) is 7.11 Å². The number of allylic oxidation sites excluding steroid dienone is 4. The van der Waals surface area contributed by atoms with Crippen LogP contribution in [-0.2, 0) is 16.2 Å². The van der Waals surface area contributed by atoms with Gasteiger partial charge in [-0.15, -0.1) is 0 Å². The van der Waals surface area contributed by atoms with E-state index in [0.717, 1.165) is 60.3 Å². The number of hydrogen-bond donors (Lipinski definition) is 0. The number of rotatable bonds is 6. The number of ether oxygens (including phenoxy) is 2. The summed E-state index contributed by atoms with van der Waals surface area (Å²) in [6, 6.07) is 12.1. The van der Waals surface area contributed by atoms with Gasteiger partial charge in [-0.1, -0.05) is 24.3 Å². The molecule has 0 saturated heterocycles. The van der Waals surface area contributed by atoms with Crippen LogP contribution < -0.4 is 9.47 Å². The minimum Gasteiger partial charge on any atom is -0.493 e. The minimum absolute atomic E-state index is 0.0683. The average Bonchev–Trinajstić information content (AvgIpc) is 2.87. The molecule has 0 amide bonds. The van der Waals surface area contributed by atoms with Gasteiger partial charge < -0.3 is 14.4 Å². The van der Waals surface area contributed by atoms with E-state index in [9.17, 15) is 14.0 Å². The molecule has 2 aromatic rings. The smallest absolute Gasteiger partial charge is 0.161 e. The van der Waals surface area contributed by atoms with Crippen LogP contribution in [0.5, 0.6) is 11.5 Å². The molecule has 0 fully saturated rings. The second kappa shape index (κ2) is 9.68. The lowest BCUT2D eigenvalue weighted by Crippen LogP contribution is -2.39. The molecule has 2 aliphatic carbocycles. The van der Waals surface area contributed by atoms with Crippen molar-refractivity contribution >= 4 is 11.6 Å². The fourth-order valence-corrected chi connectivity index (χ4v) is 5.69. The number of nitrogens with zero attached hydrogens (tertiary/aromatic N) is 1. The Morgan fingerprint density at radius 1 is 0.914 bits per heavy atom. The van der Waals surface area contributed by atoms with Crippen molar-refractivity contribution in [3.8, 4) is 11.5 Å². The van der Waals surface area contributed by atoms with E-state index >= 15 is 0 Å². The first-order valence-corrected chi connectivity index (χ1v) is 12.4. The summed E-state index contributed by atoms with van der Waals surface area (Å²) >= 11 is 0. The van der Waals surface area contributed by atoms with Crippen molar-refractivity contribution in [2.24, 2.45) is 0 Å². The van der Waals surface area contributed by atoms with Crippen LogP contribution >= 0.6 is 0 Å². The van der Waals surface area contributed by atoms with E-state index in [2.05, 4.69) is 11.8 Å². The molecule has 0 bridgehead atoms. The normalized spacial score (nSPS) is 18.5. The van der Waals surface area contributed by atoms with Crippen LogP contribution in [0.3, 0.4) is 0 Å². The minimum atomic E-state index is -0.391. The Morgan fingerprint density at radius 2 is 1.57 bits per heavy atom. The van der Waals surface area contributed by atoms with Crippen molar-refractivity contribution < 1.29 is 23.5 Å². The number of ketones is 2. The molecular formula is C29H30FNO4. The van der Waals surface area contributed by atoms with Crippen LogP contribution in [0.1, 0.15) is 62.5 Å². The molecule has 0 atom stereocenters. The third-order valence-electron chi connectivity index (χ3n) is 7.26. The van der Waals surface area contributed by atoms with E-state index in [1.807, 2.05) is 12.1 Å². The Morgan fingerprint density at radius 3 is 2.17 bits per heavy atom. The summed E-state index contributed by atoms with van der Waals surface area (Å²) in [6.45, 7) is 2.90. The van der Waals surface area contributed by atoms with Crippen LogP contribution in [0.2, 0.25) is 0 Å². The number of methoxy groups -OCH3 is 1. The Bertz CT molecular complexity index is 1200. The van der Waals surface area contributed by atoms with Crippen LogP contribution in [0.15, 0.2) is 65.0 Å². The highest BCUT2D eigenvalue weighted by Gasteiger charge is 2.43. The fraction of sp³-hybridized carbons (Fsp3) is 0.379. The summed E-state index contributed by atoms with van der Waals surface area (Å²) in [5.41, 5.74) is 4.96. The first kappa shape index (κ1) is 23.3. The van der Waals surface area contributed by atoms with Gasteiger partial charge in [0.2, 0.25) is 0 Å².